The minimum absolute atomic E-state index is 0. The number of amides is 4. The topological polar surface area (TPSA) is 161 Å². The van der Waals surface area contributed by atoms with Crippen LogP contribution in [0.5, 0.6) is 0 Å². The van der Waals surface area contributed by atoms with Gasteiger partial charge in [0.25, 0.3) is 0 Å². The van der Waals surface area contributed by atoms with Gasteiger partial charge in [0.15, 0.2) is 0 Å². The third-order valence-corrected chi connectivity index (χ3v) is 8.80. The minimum Gasteiger partial charge on any atom is -0.530 e. The van der Waals surface area contributed by atoms with Crippen LogP contribution < -0.4 is 66.5 Å². The number of ether oxygens (including phenoxy) is 1. The number of fused-ring (bicyclic) bond motifs is 2. The molecule has 3 aliphatic rings. The molecule has 1 heterocycles. The molecule has 4 amide bonds. The third kappa shape index (κ3) is 7.82. The van der Waals surface area contributed by atoms with Gasteiger partial charge < -0.3 is 24.9 Å². The van der Waals surface area contributed by atoms with Gasteiger partial charge in [0.2, 0.25) is 16.0 Å². The molecule has 0 atom stereocenters. The van der Waals surface area contributed by atoms with Crippen molar-refractivity contribution < 1.29 is 84.0 Å². The fraction of sp³-hybridized carbons (Fsp3) is 0.630. The summed E-state index contributed by atoms with van der Waals surface area (Å²) in [6.45, 7) is 9.30. The Hall–Kier alpha value is -1.71. The largest absolute Gasteiger partial charge is 1.00 e. The molecule has 2 aliphatic carbocycles. The van der Waals surface area contributed by atoms with Gasteiger partial charge in [0, 0.05) is 24.3 Å². The Labute approximate surface area is 284 Å². The summed E-state index contributed by atoms with van der Waals surface area (Å²) >= 11 is 0. The van der Waals surface area contributed by atoms with E-state index in [1.54, 1.807) is 41.5 Å². The Bertz CT molecular complexity index is 1330. The molecule has 1 saturated heterocycles. The molecule has 0 spiro atoms. The zero-order valence-electron chi connectivity index (χ0n) is 24.9. The van der Waals surface area contributed by atoms with E-state index in [9.17, 15) is 27.9 Å². The number of benzene rings is 1. The van der Waals surface area contributed by atoms with Crippen LogP contribution in [0.2, 0.25) is 0 Å². The van der Waals surface area contributed by atoms with Crippen LogP contribution in [0.15, 0.2) is 11.1 Å². The molecular weight excluding hydrogens is 577 g/mol. The van der Waals surface area contributed by atoms with E-state index in [-0.39, 0.29) is 70.4 Å². The summed E-state index contributed by atoms with van der Waals surface area (Å²) in [5.74, 6) is -0.298. The van der Waals surface area contributed by atoms with E-state index < -0.39 is 44.6 Å². The average Bonchev–Trinajstić information content (AvgIpc) is 3.38. The second-order valence-electron chi connectivity index (χ2n) is 12.5. The maximum Gasteiger partial charge on any atom is 1.00 e. The number of likely N-dealkylation sites (tertiary alicyclic amines) is 1. The van der Waals surface area contributed by atoms with Crippen molar-refractivity contribution in [3.05, 3.63) is 28.3 Å². The van der Waals surface area contributed by atoms with E-state index in [0.29, 0.717) is 0 Å². The summed E-state index contributed by atoms with van der Waals surface area (Å²) < 4.78 is 33.5. The van der Waals surface area contributed by atoms with Crippen LogP contribution in [0.3, 0.4) is 0 Å². The van der Waals surface area contributed by atoms with Crippen molar-refractivity contribution >= 4 is 39.9 Å². The van der Waals surface area contributed by atoms with Gasteiger partial charge in [-0.2, -0.15) is 0 Å². The van der Waals surface area contributed by atoms with Crippen molar-refractivity contribution in [2.24, 2.45) is 4.99 Å². The predicted octanol–water partition coefficient (Wildman–Crippen LogP) is -0.462. The standard InChI is InChI=1S/C27H39N5O7S.K/c1-26(2,3)32(25(35)36)23(29-24(34)39-27(4,5)6)31-14-18(15-31)40(37,38)30-22(33)28-21-19-11-7-9-16(19)13-17-10-8-12-20(17)21;/h13,18H,7-12,14-15H2,1-6H3,(H,35,36)(H2,28,30,33);/q;+1/p-1. The van der Waals surface area contributed by atoms with Gasteiger partial charge in [-0.1, -0.05) is 6.07 Å². The van der Waals surface area contributed by atoms with E-state index in [0.717, 1.165) is 60.2 Å². The van der Waals surface area contributed by atoms with Crippen molar-refractivity contribution in [3.8, 4) is 0 Å². The molecule has 14 heteroatoms. The number of carbonyl (C=O) groups excluding carboxylic acids is 3. The minimum atomic E-state index is -4.13. The van der Waals surface area contributed by atoms with E-state index >= 15 is 0 Å². The summed E-state index contributed by atoms with van der Waals surface area (Å²) in [5.41, 5.74) is 3.37. The Morgan fingerprint density at radius 2 is 1.54 bits per heavy atom. The fourth-order valence-corrected chi connectivity index (χ4v) is 6.63. The Morgan fingerprint density at radius 3 is 2.00 bits per heavy atom. The first-order valence-electron chi connectivity index (χ1n) is 13.5. The smallest absolute Gasteiger partial charge is 0.530 e. The first-order valence-corrected chi connectivity index (χ1v) is 15.1. The Kier molecular flexibility index (Phi) is 10.3. The molecule has 1 aromatic rings. The second kappa shape index (κ2) is 12.5. The van der Waals surface area contributed by atoms with Crippen LogP contribution in [-0.2, 0) is 40.4 Å². The molecule has 0 saturated carbocycles. The molecule has 1 fully saturated rings. The summed E-state index contributed by atoms with van der Waals surface area (Å²) in [6, 6.07) is 1.39. The van der Waals surface area contributed by atoms with Crippen molar-refractivity contribution in [1.82, 2.24) is 14.5 Å². The predicted molar refractivity (Wildman–Crippen MR) is 148 cm³/mol. The molecule has 12 nitrogen and oxygen atoms in total. The quantitative estimate of drug-likeness (QED) is 0.262. The van der Waals surface area contributed by atoms with Gasteiger partial charge in [-0.15, -0.1) is 4.99 Å². The summed E-state index contributed by atoms with van der Waals surface area (Å²) in [4.78, 5) is 43.4. The van der Waals surface area contributed by atoms with Gasteiger partial charge in [-0.05, 0) is 102 Å². The first-order chi connectivity index (χ1) is 18.5. The molecule has 0 unspecified atom stereocenters. The van der Waals surface area contributed by atoms with E-state index in [4.69, 9.17) is 4.74 Å². The zero-order valence-corrected chi connectivity index (χ0v) is 28.9. The maximum absolute atomic E-state index is 13.1. The molecule has 0 bridgehead atoms. The van der Waals surface area contributed by atoms with Crippen LogP contribution in [0.25, 0.3) is 0 Å². The normalized spacial score (nSPS) is 17.1. The van der Waals surface area contributed by atoms with E-state index in [1.165, 1.54) is 16.0 Å². The van der Waals surface area contributed by atoms with Crippen molar-refractivity contribution in [1.29, 1.82) is 0 Å². The molecule has 0 radical (unpaired) electrons. The summed E-state index contributed by atoms with van der Waals surface area (Å²) in [5, 5.41) is 13.8. The number of hydrogen-bond donors (Lipinski definition) is 2. The number of guanidine groups is 1. The molecule has 220 valence electrons. The van der Waals surface area contributed by atoms with E-state index in [2.05, 4.69) is 21.1 Å². The number of hydrogen-bond acceptors (Lipinski definition) is 7. The first kappa shape index (κ1) is 33.8. The average molecular weight is 616 g/mol. The Balaban J connectivity index is 0.00000462. The number of aryl methyl sites for hydroxylation is 2. The molecule has 4 rings (SSSR count). The molecule has 2 N–H and O–H groups in total. The number of aliphatic imine (C=N–C) groups is 1. The zero-order chi connectivity index (χ0) is 29.6. The maximum atomic E-state index is 13.1. The van der Waals surface area contributed by atoms with Crippen molar-refractivity contribution in [2.75, 3.05) is 18.4 Å². The number of anilines is 1. The number of sulfonamides is 1. The monoisotopic (exact) mass is 615 g/mol. The number of nitrogens with zero attached hydrogens (tertiary/aromatic N) is 3. The SMILES string of the molecule is CC(C)(C)OC(=O)N=C(N1CC(S(=O)(=O)NC(=O)Nc2c3c(cc4c2CCC4)CCC3)C1)N(C(=O)[O-])C(C)(C)C.[K+]. The summed E-state index contributed by atoms with van der Waals surface area (Å²) in [6.07, 6.45) is 2.92. The van der Waals surface area contributed by atoms with Gasteiger partial charge in [0.05, 0.1) is 0 Å². The fourth-order valence-electron chi connectivity index (χ4n) is 5.40. The Morgan fingerprint density at radius 1 is 1.00 bits per heavy atom. The molecule has 1 aromatic carbocycles. The van der Waals surface area contributed by atoms with Gasteiger partial charge in [-0.25, -0.2) is 22.7 Å². The number of rotatable bonds is 3. The number of nitrogens with one attached hydrogen (secondary N) is 2. The number of urea groups is 1. The molecule has 41 heavy (non-hydrogen) atoms. The summed E-state index contributed by atoms with van der Waals surface area (Å²) in [7, 11) is -4.13. The molecule has 1 aliphatic heterocycles. The van der Waals surface area contributed by atoms with Crippen LogP contribution >= 0.6 is 0 Å². The van der Waals surface area contributed by atoms with Crippen molar-refractivity contribution in [3.63, 3.8) is 0 Å². The molecule has 0 aromatic heterocycles. The van der Waals surface area contributed by atoms with Gasteiger partial charge >= 0.3 is 63.5 Å². The van der Waals surface area contributed by atoms with Gasteiger partial charge in [0.1, 0.15) is 16.9 Å². The number of carboxylic acid groups (broad SMARTS) is 1. The van der Waals surface area contributed by atoms with Crippen LogP contribution in [0.4, 0.5) is 20.1 Å². The van der Waals surface area contributed by atoms with E-state index in [1.807, 2.05) is 0 Å². The number of carbonyl (C=O) groups is 3. The third-order valence-electron chi connectivity index (χ3n) is 7.15. The van der Waals surface area contributed by atoms with Crippen LogP contribution in [-0.4, -0.2) is 71.9 Å². The van der Waals surface area contributed by atoms with Crippen LogP contribution in [0.1, 0.15) is 76.6 Å². The molecular formula is C27H38KN5O7S. The van der Waals surface area contributed by atoms with Crippen molar-refractivity contribution in [2.45, 2.75) is 96.5 Å². The second-order valence-corrected chi connectivity index (χ2v) is 14.5. The van der Waals surface area contributed by atoms with Crippen LogP contribution in [0, 0.1) is 0 Å². The van der Waals surface area contributed by atoms with Gasteiger partial charge in [-0.3, -0.25) is 4.90 Å².